The molecule has 0 aliphatic heterocycles. The Morgan fingerprint density at radius 1 is 0.950 bits per heavy atom. The molecule has 20 heavy (non-hydrogen) atoms. The topological polar surface area (TPSA) is 37.0 Å². The summed E-state index contributed by atoms with van der Waals surface area (Å²) >= 11 is 11.2. The molecule has 0 atom stereocenters. The van der Waals surface area contributed by atoms with Crippen LogP contribution in [0, 0.1) is 17.5 Å². The van der Waals surface area contributed by atoms with E-state index in [1.807, 2.05) is 0 Å². The van der Waals surface area contributed by atoms with E-state index in [2.05, 4.69) is 15.6 Å². The van der Waals surface area contributed by atoms with E-state index >= 15 is 0 Å². The Hall–Kier alpha value is -1.66. The SMILES string of the molecule is CNc1nc(Nc2cc(Cl)c(F)c(Cl)c2)c(F)cc1F. The van der Waals surface area contributed by atoms with Crippen LogP contribution in [0.25, 0.3) is 0 Å². The summed E-state index contributed by atoms with van der Waals surface area (Å²) in [7, 11) is 1.44. The monoisotopic (exact) mass is 321 g/mol. The van der Waals surface area contributed by atoms with Crippen LogP contribution in [0.15, 0.2) is 18.2 Å². The fourth-order valence-corrected chi connectivity index (χ4v) is 1.98. The zero-order valence-electron chi connectivity index (χ0n) is 10.1. The molecule has 0 bridgehead atoms. The first-order chi connectivity index (χ1) is 9.42. The Morgan fingerprint density at radius 3 is 2.05 bits per heavy atom. The second kappa shape index (κ2) is 5.76. The standard InChI is InChI=1S/C12H8Cl2F3N3/c1-18-11-8(15)4-9(16)12(20-11)19-5-2-6(13)10(17)7(14)3-5/h2-4H,1H3,(H2,18,19,20). The quantitative estimate of drug-likeness (QED) is 0.812. The van der Waals surface area contributed by atoms with Crippen LogP contribution in [0.4, 0.5) is 30.5 Å². The van der Waals surface area contributed by atoms with Crippen molar-refractivity contribution in [3.63, 3.8) is 0 Å². The van der Waals surface area contributed by atoms with Gasteiger partial charge in [-0.25, -0.2) is 18.2 Å². The molecule has 1 aromatic heterocycles. The normalized spacial score (nSPS) is 10.5. The number of hydrogen-bond donors (Lipinski definition) is 2. The van der Waals surface area contributed by atoms with Gasteiger partial charge in [0.15, 0.2) is 29.1 Å². The zero-order chi connectivity index (χ0) is 14.9. The van der Waals surface area contributed by atoms with Gasteiger partial charge in [0.25, 0.3) is 0 Å². The Labute approximate surface area is 122 Å². The van der Waals surface area contributed by atoms with Gasteiger partial charge in [-0.05, 0) is 12.1 Å². The molecule has 0 amide bonds. The number of benzene rings is 1. The number of anilines is 3. The van der Waals surface area contributed by atoms with Crippen molar-refractivity contribution in [1.82, 2.24) is 4.98 Å². The van der Waals surface area contributed by atoms with Gasteiger partial charge in [-0.15, -0.1) is 0 Å². The maximum Gasteiger partial charge on any atom is 0.169 e. The molecule has 8 heteroatoms. The minimum absolute atomic E-state index is 0.131. The maximum absolute atomic E-state index is 13.6. The third-order valence-electron chi connectivity index (χ3n) is 2.41. The minimum Gasteiger partial charge on any atom is -0.371 e. The van der Waals surface area contributed by atoms with Crippen LogP contribution in [0.5, 0.6) is 0 Å². The summed E-state index contributed by atoms with van der Waals surface area (Å²) < 4.78 is 40.1. The van der Waals surface area contributed by atoms with Gasteiger partial charge in [-0.1, -0.05) is 23.2 Å². The molecule has 1 aromatic carbocycles. The van der Waals surface area contributed by atoms with Crippen molar-refractivity contribution in [2.75, 3.05) is 17.7 Å². The molecule has 0 spiro atoms. The van der Waals surface area contributed by atoms with Crippen molar-refractivity contribution in [3.05, 3.63) is 45.7 Å². The summed E-state index contributed by atoms with van der Waals surface area (Å²) in [5.74, 6) is -2.88. The molecule has 2 N–H and O–H groups in total. The van der Waals surface area contributed by atoms with Crippen molar-refractivity contribution < 1.29 is 13.2 Å². The molecular weight excluding hydrogens is 314 g/mol. The fourth-order valence-electron chi connectivity index (χ4n) is 1.49. The van der Waals surface area contributed by atoms with Gasteiger partial charge in [0.05, 0.1) is 10.0 Å². The number of halogens is 5. The van der Waals surface area contributed by atoms with Crippen LogP contribution < -0.4 is 10.6 Å². The van der Waals surface area contributed by atoms with Crippen LogP contribution in [0.2, 0.25) is 10.0 Å². The lowest BCUT2D eigenvalue weighted by Gasteiger charge is -2.10. The average Bonchev–Trinajstić information content (AvgIpc) is 2.39. The van der Waals surface area contributed by atoms with E-state index in [1.54, 1.807) is 0 Å². The van der Waals surface area contributed by atoms with Crippen molar-refractivity contribution >= 4 is 40.5 Å². The first-order valence-corrected chi connectivity index (χ1v) is 6.13. The van der Waals surface area contributed by atoms with Gasteiger partial charge in [-0.3, -0.25) is 0 Å². The van der Waals surface area contributed by atoms with Crippen molar-refractivity contribution in [3.8, 4) is 0 Å². The molecule has 2 rings (SSSR count). The van der Waals surface area contributed by atoms with Crippen LogP contribution >= 0.6 is 23.2 Å². The predicted molar refractivity (Wildman–Crippen MR) is 73.4 cm³/mol. The van der Waals surface area contributed by atoms with E-state index in [1.165, 1.54) is 19.2 Å². The number of nitrogens with one attached hydrogen (secondary N) is 2. The Bertz CT molecular complexity index is 642. The number of pyridine rings is 1. The van der Waals surface area contributed by atoms with E-state index in [4.69, 9.17) is 23.2 Å². The first-order valence-electron chi connectivity index (χ1n) is 5.37. The van der Waals surface area contributed by atoms with Crippen LogP contribution in [0.3, 0.4) is 0 Å². The molecule has 0 radical (unpaired) electrons. The number of aromatic nitrogens is 1. The molecule has 3 nitrogen and oxygen atoms in total. The van der Waals surface area contributed by atoms with E-state index in [9.17, 15) is 13.2 Å². The highest BCUT2D eigenvalue weighted by molar-refractivity contribution is 6.35. The molecule has 1 heterocycles. The second-order valence-corrected chi connectivity index (χ2v) is 4.59. The molecule has 0 aliphatic rings. The summed E-state index contributed by atoms with van der Waals surface area (Å²) in [6, 6.07) is 3.10. The number of rotatable bonds is 3. The second-order valence-electron chi connectivity index (χ2n) is 3.78. The third kappa shape index (κ3) is 2.91. The van der Waals surface area contributed by atoms with Gasteiger partial charge in [0, 0.05) is 18.8 Å². The predicted octanol–water partition coefficient (Wildman–Crippen LogP) is 4.59. The Balaban J connectivity index is 2.39. The molecular formula is C12H8Cl2F3N3. The highest BCUT2D eigenvalue weighted by Crippen LogP contribution is 2.30. The van der Waals surface area contributed by atoms with Crippen LogP contribution in [0.1, 0.15) is 0 Å². The third-order valence-corrected chi connectivity index (χ3v) is 2.96. The molecule has 106 valence electrons. The summed E-state index contributed by atoms with van der Waals surface area (Å²) in [4.78, 5) is 3.72. The van der Waals surface area contributed by atoms with Gasteiger partial charge in [0.1, 0.15) is 0 Å². The molecule has 0 saturated heterocycles. The van der Waals surface area contributed by atoms with Gasteiger partial charge >= 0.3 is 0 Å². The number of nitrogens with zero attached hydrogens (tertiary/aromatic N) is 1. The lowest BCUT2D eigenvalue weighted by molar-refractivity contribution is 0.580. The summed E-state index contributed by atoms with van der Waals surface area (Å²) in [5, 5.41) is 4.58. The van der Waals surface area contributed by atoms with Crippen molar-refractivity contribution in [2.45, 2.75) is 0 Å². The van der Waals surface area contributed by atoms with Crippen molar-refractivity contribution in [1.29, 1.82) is 0 Å². The molecule has 0 saturated carbocycles. The molecule has 0 fully saturated rings. The lowest BCUT2D eigenvalue weighted by Crippen LogP contribution is -2.03. The molecule has 2 aromatic rings. The number of hydrogen-bond acceptors (Lipinski definition) is 3. The van der Waals surface area contributed by atoms with Crippen LogP contribution in [-0.2, 0) is 0 Å². The Kier molecular flexibility index (Phi) is 4.25. The zero-order valence-corrected chi connectivity index (χ0v) is 11.6. The van der Waals surface area contributed by atoms with E-state index < -0.39 is 17.5 Å². The van der Waals surface area contributed by atoms with Crippen molar-refractivity contribution in [2.24, 2.45) is 0 Å². The van der Waals surface area contributed by atoms with Gasteiger partial charge < -0.3 is 10.6 Å². The largest absolute Gasteiger partial charge is 0.371 e. The lowest BCUT2D eigenvalue weighted by atomic mass is 10.3. The van der Waals surface area contributed by atoms with E-state index in [-0.39, 0.29) is 27.4 Å². The van der Waals surface area contributed by atoms with Gasteiger partial charge in [-0.2, -0.15) is 0 Å². The van der Waals surface area contributed by atoms with E-state index in [0.717, 1.165) is 0 Å². The minimum atomic E-state index is -0.905. The molecule has 0 aliphatic carbocycles. The highest BCUT2D eigenvalue weighted by atomic mass is 35.5. The van der Waals surface area contributed by atoms with E-state index in [0.29, 0.717) is 6.07 Å². The summed E-state index contributed by atoms with van der Waals surface area (Å²) in [6.45, 7) is 0. The van der Waals surface area contributed by atoms with Crippen LogP contribution in [-0.4, -0.2) is 12.0 Å². The Morgan fingerprint density at radius 2 is 1.50 bits per heavy atom. The molecule has 0 unspecified atom stereocenters. The summed E-state index contributed by atoms with van der Waals surface area (Å²) in [6.07, 6.45) is 0. The first kappa shape index (κ1) is 14.7. The average molecular weight is 322 g/mol. The summed E-state index contributed by atoms with van der Waals surface area (Å²) in [5.41, 5.74) is 0.224. The smallest absolute Gasteiger partial charge is 0.169 e. The highest BCUT2D eigenvalue weighted by Gasteiger charge is 2.13. The van der Waals surface area contributed by atoms with Gasteiger partial charge in [0.2, 0.25) is 0 Å². The maximum atomic E-state index is 13.6. The fraction of sp³-hybridized carbons (Fsp3) is 0.0833.